The molecular formula is C15H17N3O4. The molecule has 1 fully saturated rings. The molecule has 1 aromatic heterocycles. The summed E-state index contributed by atoms with van der Waals surface area (Å²) in [6.07, 6.45) is 0. The molecule has 1 aliphatic heterocycles. The van der Waals surface area contributed by atoms with Crippen LogP contribution in [0, 0.1) is 4.91 Å². The molecule has 7 heteroatoms. The second kappa shape index (κ2) is 6.05. The van der Waals surface area contributed by atoms with Crippen molar-refractivity contribution in [2.75, 3.05) is 37.7 Å². The topological polar surface area (TPSA) is 75.3 Å². The number of carbonyl (C=O) groups excluding carboxylic acids is 1. The molecule has 0 bridgehead atoms. The molecule has 22 heavy (non-hydrogen) atoms. The number of esters is 1. The van der Waals surface area contributed by atoms with E-state index in [4.69, 9.17) is 9.15 Å². The summed E-state index contributed by atoms with van der Waals surface area (Å²) >= 11 is 0. The van der Waals surface area contributed by atoms with E-state index in [1.165, 1.54) is 5.01 Å². The summed E-state index contributed by atoms with van der Waals surface area (Å²) in [5, 5.41) is 5.33. The van der Waals surface area contributed by atoms with Crippen LogP contribution in [0.5, 0.6) is 0 Å². The highest BCUT2D eigenvalue weighted by Gasteiger charge is 2.18. The summed E-state index contributed by atoms with van der Waals surface area (Å²) < 4.78 is 10.4. The van der Waals surface area contributed by atoms with Crippen molar-refractivity contribution in [3.05, 3.63) is 34.9 Å². The van der Waals surface area contributed by atoms with E-state index in [1.54, 1.807) is 13.0 Å². The van der Waals surface area contributed by atoms with E-state index in [1.807, 2.05) is 18.2 Å². The Morgan fingerprint density at radius 1 is 1.27 bits per heavy atom. The van der Waals surface area contributed by atoms with Gasteiger partial charge in [0.1, 0.15) is 5.58 Å². The first-order valence-electron chi connectivity index (χ1n) is 7.25. The van der Waals surface area contributed by atoms with Gasteiger partial charge in [0, 0.05) is 24.2 Å². The summed E-state index contributed by atoms with van der Waals surface area (Å²) in [6, 6.07) is 7.47. The van der Waals surface area contributed by atoms with Crippen LogP contribution in [0.4, 0.5) is 5.69 Å². The Kier molecular flexibility index (Phi) is 3.95. The monoisotopic (exact) mass is 303 g/mol. The van der Waals surface area contributed by atoms with Crippen LogP contribution in [-0.4, -0.2) is 43.8 Å². The number of fused-ring (bicyclic) bond motifs is 1. The summed E-state index contributed by atoms with van der Waals surface area (Å²) in [4.78, 5) is 24.4. The van der Waals surface area contributed by atoms with Crippen LogP contribution in [0.1, 0.15) is 17.5 Å². The number of hydrogen-bond acceptors (Lipinski definition) is 6. The smallest absolute Gasteiger partial charge is 0.374 e. The number of piperazine rings is 1. The fraction of sp³-hybridized carbons (Fsp3) is 0.400. The van der Waals surface area contributed by atoms with Crippen molar-refractivity contribution in [3.8, 4) is 0 Å². The van der Waals surface area contributed by atoms with E-state index in [2.05, 4.69) is 10.2 Å². The molecule has 0 amide bonds. The third-order valence-electron chi connectivity index (χ3n) is 3.71. The molecular weight excluding hydrogens is 286 g/mol. The van der Waals surface area contributed by atoms with Crippen LogP contribution < -0.4 is 4.90 Å². The Hall–Kier alpha value is -2.57. The van der Waals surface area contributed by atoms with Crippen LogP contribution in [-0.2, 0) is 4.74 Å². The molecule has 3 rings (SSSR count). The van der Waals surface area contributed by atoms with Crippen molar-refractivity contribution in [2.24, 2.45) is 5.29 Å². The van der Waals surface area contributed by atoms with Gasteiger partial charge in [0.15, 0.2) is 0 Å². The minimum Gasteiger partial charge on any atom is -0.460 e. The van der Waals surface area contributed by atoms with Crippen molar-refractivity contribution in [1.29, 1.82) is 0 Å². The van der Waals surface area contributed by atoms with Crippen LogP contribution in [0.15, 0.2) is 34.0 Å². The maximum Gasteiger partial charge on any atom is 0.374 e. The Balaban J connectivity index is 1.81. The number of hydrogen-bond donors (Lipinski definition) is 0. The van der Waals surface area contributed by atoms with E-state index < -0.39 is 5.97 Å². The molecule has 2 aromatic rings. The van der Waals surface area contributed by atoms with Crippen molar-refractivity contribution in [2.45, 2.75) is 6.92 Å². The number of ether oxygens (including phenoxy) is 1. The largest absolute Gasteiger partial charge is 0.460 e. The highest BCUT2D eigenvalue weighted by molar-refractivity contribution is 5.93. The predicted molar refractivity (Wildman–Crippen MR) is 81.8 cm³/mol. The summed E-state index contributed by atoms with van der Waals surface area (Å²) in [7, 11) is 0. The van der Waals surface area contributed by atoms with Gasteiger partial charge in [0.2, 0.25) is 5.76 Å². The summed E-state index contributed by atoms with van der Waals surface area (Å²) in [5.74, 6) is -0.241. The molecule has 0 unspecified atom stereocenters. The zero-order chi connectivity index (χ0) is 15.5. The third-order valence-corrected chi connectivity index (χ3v) is 3.71. The molecule has 0 aliphatic carbocycles. The minimum absolute atomic E-state index is 0.212. The fourth-order valence-corrected chi connectivity index (χ4v) is 2.57. The van der Waals surface area contributed by atoms with E-state index in [9.17, 15) is 9.70 Å². The van der Waals surface area contributed by atoms with Crippen molar-refractivity contribution in [1.82, 2.24) is 5.01 Å². The second-order valence-corrected chi connectivity index (χ2v) is 5.08. The Morgan fingerprint density at radius 3 is 2.73 bits per heavy atom. The number of rotatable bonds is 4. The molecule has 0 saturated carbocycles. The number of carbonyl (C=O) groups is 1. The van der Waals surface area contributed by atoms with E-state index in [-0.39, 0.29) is 5.76 Å². The van der Waals surface area contributed by atoms with Crippen molar-refractivity contribution < 1.29 is 13.9 Å². The first kappa shape index (κ1) is 14.4. The summed E-state index contributed by atoms with van der Waals surface area (Å²) in [6.45, 7) is 4.77. The van der Waals surface area contributed by atoms with Gasteiger partial charge in [-0.2, -0.15) is 0 Å². The Bertz CT molecular complexity index is 689. The molecule has 0 radical (unpaired) electrons. The molecule has 2 heterocycles. The standard InChI is InChI=1S/C15H17N3O4/c1-2-21-15(19)14-10-11-9-12(3-4-13(11)22-14)17-5-7-18(16-20)8-6-17/h3-4,9-10H,2,5-8H2,1H3. The minimum atomic E-state index is -0.453. The number of furan rings is 1. The van der Waals surface area contributed by atoms with Gasteiger partial charge in [-0.05, 0) is 31.2 Å². The zero-order valence-electron chi connectivity index (χ0n) is 12.3. The lowest BCUT2D eigenvalue weighted by Gasteiger charge is -2.32. The van der Waals surface area contributed by atoms with Gasteiger partial charge in [-0.15, -0.1) is 4.91 Å². The number of benzene rings is 1. The van der Waals surface area contributed by atoms with Crippen molar-refractivity contribution >= 4 is 22.6 Å². The first-order chi connectivity index (χ1) is 10.7. The average Bonchev–Trinajstić information content (AvgIpc) is 2.98. The van der Waals surface area contributed by atoms with E-state index in [0.717, 1.165) is 24.2 Å². The highest BCUT2D eigenvalue weighted by atomic mass is 16.5. The lowest BCUT2D eigenvalue weighted by molar-refractivity contribution is 0.0492. The van der Waals surface area contributed by atoms with Gasteiger partial charge in [0.25, 0.3) is 0 Å². The van der Waals surface area contributed by atoms with Gasteiger partial charge in [-0.3, -0.25) is 5.01 Å². The first-order valence-corrected chi connectivity index (χ1v) is 7.25. The lowest BCUT2D eigenvalue weighted by Crippen LogP contribution is -2.43. The molecule has 0 atom stereocenters. The molecule has 1 aromatic carbocycles. The second-order valence-electron chi connectivity index (χ2n) is 5.08. The number of anilines is 1. The number of nitroso groups, excluding NO2 is 1. The van der Waals surface area contributed by atoms with Crippen molar-refractivity contribution in [3.63, 3.8) is 0 Å². The van der Waals surface area contributed by atoms with Gasteiger partial charge >= 0.3 is 5.97 Å². The lowest BCUT2D eigenvalue weighted by atomic mass is 10.2. The van der Waals surface area contributed by atoms with Gasteiger partial charge in [-0.1, -0.05) is 0 Å². The quantitative estimate of drug-likeness (QED) is 0.638. The van der Waals surface area contributed by atoms with Crippen LogP contribution >= 0.6 is 0 Å². The normalized spacial score (nSPS) is 15.1. The maximum atomic E-state index is 11.7. The average molecular weight is 303 g/mol. The SMILES string of the molecule is CCOC(=O)c1cc2cc(N3CCN(N=O)CC3)ccc2o1. The van der Waals surface area contributed by atoms with E-state index >= 15 is 0 Å². The Morgan fingerprint density at radius 2 is 2.05 bits per heavy atom. The zero-order valence-corrected chi connectivity index (χ0v) is 12.3. The van der Waals surface area contributed by atoms with Gasteiger partial charge in [-0.25, -0.2) is 4.79 Å². The molecule has 0 spiro atoms. The highest BCUT2D eigenvalue weighted by Crippen LogP contribution is 2.26. The fourth-order valence-electron chi connectivity index (χ4n) is 2.57. The van der Waals surface area contributed by atoms with Crippen LogP contribution in [0.2, 0.25) is 0 Å². The molecule has 0 N–H and O–H groups in total. The van der Waals surface area contributed by atoms with Crippen LogP contribution in [0.3, 0.4) is 0 Å². The van der Waals surface area contributed by atoms with Gasteiger partial charge in [0.05, 0.1) is 25.0 Å². The predicted octanol–water partition coefficient (Wildman–Crippen LogP) is 2.41. The summed E-state index contributed by atoms with van der Waals surface area (Å²) in [5.41, 5.74) is 1.69. The number of nitrogens with zero attached hydrogens (tertiary/aromatic N) is 3. The van der Waals surface area contributed by atoms with E-state index in [0.29, 0.717) is 25.3 Å². The molecule has 1 aliphatic rings. The molecule has 7 nitrogen and oxygen atoms in total. The maximum absolute atomic E-state index is 11.7. The van der Waals surface area contributed by atoms with Gasteiger partial charge < -0.3 is 14.1 Å². The Labute approximate surface area is 127 Å². The van der Waals surface area contributed by atoms with Crippen LogP contribution in [0.25, 0.3) is 11.0 Å². The molecule has 116 valence electrons. The molecule has 1 saturated heterocycles. The third kappa shape index (κ3) is 2.74.